The fourth-order valence-electron chi connectivity index (χ4n) is 12.2. The maximum atomic E-state index is 10.7. The number of carboxylic acids is 1. The predicted octanol–water partition coefficient (Wildman–Crippen LogP) is 22.5. The molecule has 15 heteroatoms. The number of carbonyl (C=O) groups is 1. The predicted molar refractivity (Wildman–Crippen MR) is 474 cm³/mol. The highest BCUT2D eigenvalue weighted by Crippen LogP contribution is 2.29. The number of hydrogen-bond donors (Lipinski definition) is 10. The molecule has 0 aliphatic heterocycles. The first-order valence-electron chi connectivity index (χ1n) is 43.3. The highest BCUT2D eigenvalue weighted by atomic mass is 16.5. The summed E-state index contributed by atoms with van der Waals surface area (Å²) >= 11 is 0. The number of aliphatic hydroxyl groups is 4. The van der Waals surface area contributed by atoms with Gasteiger partial charge in [-0.1, -0.05) is 281 Å². The third kappa shape index (κ3) is 53.6. The lowest BCUT2D eigenvalue weighted by atomic mass is 10.1. The summed E-state index contributed by atoms with van der Waals surface area (Å²) in [6.07, 6.45) is 36.0. The lowest BCUT2D eigenvalue weighted by Gasteiger charge is -2.13. The van der Waals surface area contributed by atoms with E-state index in [0.29, 0.717) is 40.7 Å². The summed E-state index contributed by atoms with van der Waals surface area (Å²) in [7, 11) is 0. The number of benzene rings is 8. The Morgan fingerprint density at radius 3 is 0.974 bits per heavy atom. The van der Waals surface area contributed by atoms with Crippen LogP contribution in [0.3, 0.4) is 0 Å². The van der Waals surface area contributed by atoms with Gasteiger partial charge in [-0.3, -0.25) is 0 Å². The molecule has 0 saturated heterocycles. The van der Waals surface area contributed by atoms with Crippen LogP contribution in [0.25, 0.3) is 10.8 Å². The third-order valence-electron chi connectivity index (χ3n) is 19.1. The fraction of sp³-hybridized carbons (Fsp3) is 0.525. The number of ether oxygens (including phenoxy) is 4. The lowest BCUT2D eigenvalue weighted by molar-refractivity contribution is 0.0693. The zero-order valence-corrected chi connectivity index (χ0v) is 70.9. The number of carboxylic acid groups (broad SMARTS) is 1. The number of rotatable bonds is 53. The molecule has 8 aromatic carbocycles. The molecule has 0 fully saturated rings. The van der Waals surface area contributed by atoms with Gasteiger partial charge in [0, 0.05) is 82.5 Å². The molecule has 2 unspecified atom stereocenters. The number of hydrogen-bond acceptors (Lipinski definition) is 14. The highest BCUT2D eigenvalue weighted by Gasteiger charge is 2.14. The Hall–Kier alpha value is -7.51. The van der Waals surface area contributed by atoms with Crippen LogP contribution in [0.5, 0.6) is 17.2 Å². The van der Waals surface area contributed by atoms with Crippen LogP contribution in [0.15, 0.2) is 194 Å². The number of phenols is 3. The van der Waals surface area contributed by atoms with Crippen LogP contribution in [0, 0.1) is 0 Å². The van der Waals surface area contributed by atoms with Crippen LogP contribution in [0.4, 0.5) is 0 Å². The molecular weight excluding hydrogens is 1430 g/mol. The van der Waals surface area contributed by atoms with Crippen LogP contribution < -0.4 is 10.6 Å². The van der Waals surface area contributed by atoms with Crippen molar-refractivity contribution in [1.29, 1.82) is 0 Å². The van der Waals surface area contributed by atoms with Crippen LogP contribution in [0.1, 0.15) is 276 Å². The summed E-state index contributed by atoms with van der Waals surface area (Å²) in [6, 6.07) is 62.5. The smallest absolute Gasteiger partial charge is 0.339 e. The number of nitrogens with one attached hydrogen (secondary N) is 2. The van der Waals surface area contributed by atoms with E-state index in [0.717, 1.165) is 84.2 Å². The molecule has 0 spiro atoms. The molecule has 8 aromatic rings. The molecule has 0 bridgehead atoms. The van der Waals surface area contributed by atoms with Gasteiger partial charge >= 0.3 is 5.97 Å². The Labute approximate surface area is 688 Å². The maximum absolute atomic E-state index is 10.7. The normalized spacial score (nSPS) is 11.2. The number of aliphatic hydroxyl groups excluding tert-OH is 4. The second-order valence-electron chi connectivity index (χ2n) is 28.9. The van der Waals surface area contributed by atoms with E-state index in [1.54, 1.807) is 42.5 Å². The lowest BCUT2D eigenvalue weighted by Crippen LogP contribution is -2.22. The molecular formula is C99H150N2O13. The Kier molecular flexibility index (Phi) is 65.8. The highest BCUT2D eigenvalue weighted by molar-refractivity contribution is 6.00. The van der Waals surface area contributed by atoms with Gasteiger partial charge in [0.15, 0.2) is 0 Å². The summed E-state index contributed by atoms with van der Waals surface area (Å²) in [5, 5.41) is 83.3. The average molecular weight is 1580 g/mol. The first-order valence-corrected chi connectivity index (χ1v) is 43.3. The zero-order valence-electron chi connectivity index (χ0n) is 70.9. The summed E-state index contributed by atoms with van der Waals surface area (Å²) in [6.45, 7) is 22.5. The van der Waals surface area contributed by atoms with Crippen LogP contribution in [-0.4, -0.2) is 126 Å². The van der Waals surface area contributed by atoms with E-state index in [1.807, 2.05) is 26.0 Å². The molecule has 634 valence electrons. The van der Waals surface area contributed by atoms with E-state index in [2.05, 4.69) is 160 Å². The molecule has 2 atom stereocenters. The minimum atomic E-state index is -1.12. The Balaban J connectivity index is 0.000000453. The molecule has 0 amide bonds. The molecule has 0 aliphatic carbocycles. The van der Waals surface area contributed by atoms with Crippen LogP contribution in [0.2, 0.25) is 0 Å². The number of aryl methyl sites for hydroxylation is 4. The molecule has 0 aromatic heterocycles. The fourth-order valence-corrected chi connectivity index (χ4v) is 12.2. The summed E-state index contributed by atoms with van der Waals surface area (Å²) in [4.78, 5) is 10.7. The van der Waals surface area contributed by atoms with E-state index in [4.69, 9.17) is 34.3 Å². The second-order valence-corrected chi connectivity index (χ2v) is 28.9. The molecule has 10 N–H and O–H groups in total. The number of aromatic hydroxyl groups is 3. The number of unbranched alkanes of at least 4 members (excludes halogenated alkanes) is 18. The largest absolute Gasteiger partial charge is 0.508 e. The first kappa shape index (κ1) is 103. The quantitative estimate of drug-likeness (QED) is 0.0160. The number of fused-ring (bicyclic) bond motifs is 1. The molecule has 0 saturated carbocycles. The SMILES string of the molecule is CCCCCCCOCCCCc1ccccc1.CCCCCCCOCCCCc1ccccc1.CCCCCCNCC(O)c1ccc(O)c(CO)c1.CCCCCCNCC(O)c1ccc(O)c(CO)c1.CCOCCCCc1ccccc1.CCOCCCCc1ccccc1.O=C(O)c1ccc2ccccc2c1O. The summed E-state index contributed by atoms with van der Waals surface area (Å²) in [5.41, 5.74) is 7.99. The van der Waals surface area contributed by atoms with Gasteiger partial charge in [-0.25, -0.2) is 4.79 Å². The minimum Gasteiger partial charge on any atom is -0.508 e. The molecule has 0 aliphatic rings. The van der Waals surface area contributed by atoms with E-state index >= 15 is 0 Å². The van der Waals surface area contributed by atoms with Gasteiger partial charge in [0.1, 0.15) is 22.8 Å². The topological polar surface area (TPSA) is 240 Å². The summed E-state index contributed by atoms with van der Waals surface area (Å²) in [5.74, 6) is -1.17. The Morgan fingerprint density at radius 1 is 0.342 bits per heavy atom. The van der Waals surface area contributed by atoms with Gasteiger partial charge in [0.2, 0.25) is 0 Å². The van der Waals surface area contributed by atoms with Crippen molar-refractivity contribution < 1.29 is 64.6 Å². The van der Waals surface area contributed by atoms with Crippen molar-refractivity contribution in [3.8, 4) is 17.2 Å². The average Bonchev–Trinajstić information content (AvgIpc) is 0.810. The second kappa shape index (κ2) is 73.1. The molecule has 15 nitrogen and oxygen atoms in total. The van der Waals surface area contributed by atoms with Crippen LogP contribution in [-0.2, 0) is 57.8 Å². The molecule has 0 radical (unpaired) electrons. The van der Waals surface area contributed by atoms with E-state index in [1.165, 1.54) is 220 Å². The van der Waals surface area contributed by atoms with Gasteiger partial charge in [-0.15, -0.1) is 0 Å². The Bertz CT molecular complexity index is 3280. The van der Waals surface area contributed by atoms with E-state index in [9.17, 15) is 30.3 Å². The summed E-state index contributed by atoms with van der Waals surface area (Å²) < 4.78 is 21.8. The zero-order chi connectivity index (χ0) is 82.8. The molecule has 114 heavy (non-hydrogen) atoms. The third-order valence-corrected chi connectivity index (χ3v) is 19.1. The van der Waals surface area contributed by atoms with Crippen molar-refractivity contribution in [3.05, 3.63) is 244 Å². The van der Waals surface area contributed by atoms with Gasteiger partial charge in [0.05, 0.1) is 25.4 Å². The monoisotopic (exact) mass is 1580 g/mol. The van der Waals surface area contributed by atoms with E-state index in [-0.39, 0.29) is 36.0 Å². The minimum absolute atomic E-state index is 0.0611. The van der Waals surface area contributed by atoms with Gasteiger partial charge in [0.25, 0.3) is 0 Å². The van der Waals surface area contributed by atoms with Crippen molar-refractivity contribution in [2.45, 2.75) is 260 Å². The van der Waals surface area contributed by atoms with Crippen molar-refractivity contribution >= 4 is 16.7 Å². The van der Waals surface area contributed by atoms with E-state index < -0.39 is 18.2 Å². The standard InChI is InChI=1S/2C17H28O.2C15H25NO3.2C12H18O.C11H8O3/c2*1-2-3-4-5-10-15-18-16-11-9-14-17-12-7-6-8-13-17;2*1-2-3-4-5-8-16-10-15(19)12-6-7-14(18)13(9-12)11-17;2*1-2-13-11-7-6-10-12-8-4-3-5-9-12;12-10-8-4-2-1-3-7(8)5-6-9(10)11(13)14/h2*6-8,12-13H,2-5,9-11,14-16H2,1H3;2*6-7,9,15-19H,2-5,8,10-11H2,1H3;2*3-5,8-9H,2,6-7,10-11H2,1H3;1-6,12H,(H,13,14). The van der Waals surface area contributed by atoms with Gasteiger partial charge < -0.3 is 70.4 Å². The number of aromatic carboxylic acids is 1. The molecule has 8 rings (SSSR count). The molecule has 0 heterocycles. The first-order chi connectivity index (χ1) is 55.8. The van der Waals surface area contributed by atoms with Gasteiger partial charge in [-0.05, 0) is 199 Å². The van der Waals surface area contributed by atoms with Crippen molar-refractivity contribution in [3.63, 3.8) is 0 Å². The van der Waals surface area contributed by atoms with Gasteiger partial charge in [-0.2, -0.15) is 0 Å². The van der Waals surface area contributed by atoms with Crippen molar-refractivity contribution in [2.75, 3.05) is 79.0 Å². The van der Waals surface area contributed by atoms with Crippen molar-refractivity contribution in [1.82, 2.24) is 10.6 Å². The van der Waals surface area contributed by atoms with Crippen LogP contribution >= 0.6 is 0 Å². The Morgan fingerprint density at radius 2 is 0.649 bits per heavy atom. The maximum Gasteiger partial charge on any atom is 0.339 e. The van der Waals surface area contributed by atoms with Crippen molar-refractivity contribution in [2.24, 2.45) is 0 Å².